The lowest BCUT2D eigenvalue weighted by atomic mass is 10.2. The van der Waals surface area contributed by atoms with E-state index in [1.165, 1.54) is 10.4 Å². The van der Waals surface area contributed by atoms with Crippen molar-refractivity contribution in [3.63, 3.8) is 0 Å². The van der Waals surface area contributed by atoms with Gasteiger partial charge in [-0.2, -0.15) is 0 Å². The number of aromatic nitrogens is 1. The Bertz CT molecular complexity index is 502. The van der Waals surface area contributed by atoms with Gasteiger partial charge in [0, 0.05) is 18.0 Å². The first-order valence-electron chi connectivity index (χ1n) is 7.05. The van der Waals surface area contributed by atoms with Crippen molar-refractivity contribution in [2.45, 2.75) is 26.8 Å². The quantitative estimate of drug-likeness (QED) is 0.788. The monoisotopic (exact) mass is 289 g/mol. The number of anilines is 1. The maximum absolute atomic E-state index is 4.49. The summed E-state index contributed by atoms with van der Waals surface area (Å²) in [5.74, 6) is 0. The molecule has 0 atom stereocenters. The van der Waals surface area contributed by atoms with E-state index in [-0.39, 0.29) is 0 Å². The Labute approximate surface area is 125 Å². The number of nitrogens with one attached hydrogen (secondary N) is 1. The molecule has 2 aromatic rings. The number of nitrogens with zero attached hydrogens (tertiary/aromatic N) is 2. The van der Waals surface area contributed by atoms with Crippen molar-refractivity contribution in [3.05, 3.63) is 46.5 Å². The minimum Gasteiger partial charge on any atom is -0.361 e. The molecule has 0 spiro atoms. The van der Waals surface area contributed by atoms with E-state index in [1.54, 1.807) is 11.3 Å². The van der Waals surface area contributed by atoms with E-state index in [0.29, 0.717) is 0 Å². The zero-order valence-corrected chi connectivity index (χ0v) is 13.3. The molecule has 0 unspecified atom stereocenters. The summed E-state index contributed by atoms with van der Waals surface area (Å²) in [6.07, 6.45) is 1.13. The highest BCUT2D eigenvalue weighted by Gasteiger charge is 2.03. The summed E-state index contributed by atoms with van der Waals surface area (Å²) >= 11 is 1.74. The van der Waals surface area contributed by atoms with Gasteiger partial charge in [0.25, 0.3) is 0 Å². The normalized spacial score (nSPS) is 11.0. The predicted octanol–water partition coefficient (Wildman–Crippen LogP) is 3.69. The molecule has 3 nitrogen and oxygen atoms in total. The molecule has 4 heteroatoms. The molecule has 0 amide bonds. The molecule has 2 rings (SSSR count). The third-order valence-corrected chi connectivity index (χ3v) is 4.35. The molecule has 1 heterocycles. The van der Waals surface area contributed by atoms with Crippen molar-refractivity contribution in [2.75, 3.05) is 25.5 Å². The Kier molecular flexibility index (Phi) is 5.56. The highest BCUT2D eigenvalue weighted by Crippen LogP contribution is 2.20. The average molecular weight is 289 g/mol. The molecule has 20 heavy (non-hydrogen) atoms. The summed E-state index contributed by atoms with van der Waals surface area (Å²) < 4.78 is 0. The van der Waals surface area contributed by atoms with E-state index in [9.17, 15) is 0 Å². The lowest BCUT2D eigenvalue weighted by Gasteiger charge is -2.16. The maximum atomic E-state index is 4.49. The summed E-state index contributed by atoms with van der Waals surface area (Å²) in [4.78, 5) is 8.14. The molecule has 1 N–H and O–H groups in total. The molecule has 0 radical (unpaired) electrons. The van der Waals surface area contributed by atoms with Gasteiger partial charge >= 0.3 is 0 Å². The third kappa shape index (κ3) is 4.62. The topological polar surface area (TPSA) is 28.2 Å². The molecular weight excluding hydrogens is 266 g/mol. The minimum absolute atomic E-state index is 0.978. The van der Waals surface area contributed by atoms with Crippen LogP contribution < -0.4 is 5.32 Å². The summed E-state index contributed by atoms with van der Waals surface area (Å²) in [6, 6.07) is 10.6. The standard InChI is InChI=1S/C16H23N3S/c1-13-14(2)20-16(18-13)17-10-7-11-19(3)12-15-8-5-4-6-9-15/h4-6,8-9H,7,10-12H2,1-3H3,(H,17,18). The lowest BCUT2D eigenvalue weighted by molar-refractivity contribution is 0.325. The Balaban J connectivity index is 1.65. The van der Waals surface area contributed by atoms with E-state index in [0.717, 1.165) is 36.9 Å². The molecule has 1 aromatic heterocycles. The van der Waals surface area contributed by atoms with E-state index in [1.807, 2.05) is 0 Å². The molecule has 1 aromatic carbocycles. The molecule has 0 aliphatic carbocycles. The number of thiazole rings is 1. The van der Waals surface area contributed by atoms with Crippen LogP contribution in [0.25, 0.3) is 0 Å². The molecule has 0 aliphatic rings. The largest absolute Gasteiger partial charge is 0.361 e. The number of benzene rings is 1. The average Bonchev–Trinajstić information content (AvgIpc) is 2.75. The van der Waals surface area contributed by atoms with Gasteiger partial charge in [-0.15, -0.1) is 11.3 Å². The zero-order valence-electron chi connectivity index (χ0n) is 12.5. The molecule has 0 bridgehead atoms. The summed E-state index contributed by atoms with van der Waals surface area (Å²) in [5, 5.41) is 4.45. The molecule has 0 saturated carbocycles. The summed E-state index contributed by atoms with van der Waals surface area (Å²) in [7, 11) is 2.17. The van der Waals surface area contributed by atoms with Crippen LogP contribution in [0.2, 0.25) is 0 Å². The van der Waals surface area contributed by atoms with Gasteiger partial charge in [0.1, 0.15) is 0 Å². The van der Waals surface area contributed by atoms with Gasteiger partial charge in [-0.3, -0.25) is 0 Å². The van der Waals surface area contributed by atoms with Crippen LogP contribution in [0.5, 0.6) is 0 Å². The third-order valence-electron chi connectivity index (χ3n) is 3.32. The molecule has 108 valence electrons. The Morgan fingerprint density at radius 1 is 1.20 bits per heavy atom. The van der Waals surface area contributed by atoms with Crippen LogP contribution in [0.3, 0.4) is 0 Å². The van der Waals surface area contributed by atoms with Crippen molar-refractivity contribution < 1.29 is 0 Å². The minimum atomic E-state index is 0.978. The van der Waals surface area contributed by atoms with Crippen LogP contribution in [-0.2, 0) is 6.54 Å². The first-order valence-corrected chi connectivity index (χ1v) is 7.87. The van der Waals surface area contributed by atoms with E-state index in [2.05, 4.69) is 66.4 Å². The highest BCUT2D eigenvalue weighted by atomic mass is 32.1. The van der Waals surface area contributed by atoms with E-state index < -0.39 is 0 Å². The maximum Gasteiger partial charge on any atom is 0.183 e. The van der Waals surface area contributed by atoms with Crippen LogP contribution >= 0.6 is 11.3 Å². The molecular formula is C16H23N3S. The Morgan fingerprint density at radius 2 is 1.95 bits per heavy atom. The van der Waals surface area contributed by atoms with Gasteiger partial charge in [-0.1, -0.05) is 30.3 Å². The fourth-order valence-electron chi connectivity index (χ4n) is 2.07. The van der Waals surface area contributed by atoms with Crippen LogP contribution in [-0.4, -0.2) is 30.0 Å². The predicted molar refractivity (Wildman–Crippen MR) is 87.5 cm³/mol. The Hall–Kier alpha value is -1.39. The number of rotatable bonds is 7. The van der Waals surface area contributed by atoms with Crippen LogP contribution in [0, 0.1) is 13.8 Å². The van der Waals surface area contributed by atoms with Crippen LogP contribution in [0.1, 0.15) is 22.6 Å². The van der Waals surface area contributed by atoms with E-state index >= 15 is 0 Å². The van der Waals surface area contributed by atoms with Crippen molar-refractivity contribution in [1.29, 1.82) is 0 Å². The van der Waals surface area contributed by atoms with Gasteiger partial charge in [-0.25, -0.2) is 4.98 Å². The SMILES string of the molecule is Cc1nc(NCCCN(C)Cc2ccccc2)sc1C. The van der Waals surface area contributed by atoms with Gasteiger partial charge in [0.05, 0.1) is 5.69 Å². The van der Waals surface area contributed by atoms with Gasteiger partial charge < -0.3 is 10.2 Å². The Morgan fingerprint density at radius 3 is 2.60 bits per heavy atom. The van der Waals surface area contributed by atoms with Crippen molar-refractivity contribution >= 4 is 16.5 Å². The first-order chi connectivity index (χ1) is 9.65. The van der Waals surface area contributed by atoms with Crippen LogP contribution in [0.4, 0.5) is 5.13 Å². The van der Waals surface area contributed by atoms with Crippen molar-refractivity contribution in [3.8, 4) is 0 Å². The second kappa shape index (κ2) is 7.41. The number of aryl methyl sites for hydroxylation is 2. The first kappa shape index (κ1) is 15.0. The molecule has 0 saturated heterocycles. The molecule has 0 aliphatic heterocycles. The van der Waals surface area contributed by atoms with Crippen molar-refractivity contribution in [1.82, 2.24) is 9.88 Å². The highest BCUT2D eigenvalue weighted by molar-refractivity contribution is 7.15. The summed E-state index contributed by atoms with van der Waals surface area (Å²) in [5.41, 5.74) is 2.51. The van der Waals surface area contributed by atoms with Gasteiger partial charge in [-0.05, 0) is 39.4 Å². The van der Waals surface area contributed by atoms with Crippen molar-refractivity contribution in [2.24, 2.45) is 0 Å². The fraction of sp³-hybridized carbons (Fsp3) is 0.438. The van der Waals surface area contributed by atoms with Gasteiger partial charge in [0.15, 0.2) is 5.13 Å². The second-order valence-corrected chi connectivity index (χ2v) is 6.37. The number of hydrogen-bond acceptors (Lipinski definition) is 4. The second-order valence-electron chi connectivity index (χ2n) is 5.16. The number of hydrogen-bond donors (Lipinski definition) is 1. The zero-order chi connectivity index (χ0) is 14.4. The van der Waals surface area contributed by atoms with Gasteiger partial charge in [0.2, 0.25) is 0 Å². The smallest absolute Gasteiger partial charge is 0.183 e. The lowest BCUT2D eigenvalue weighted by Crippen LogP contribution is -2.21. The fourth-order valence-corrected chi connectivity index (χ4v) is 2.91. The van der Waals surface area contributed by atoms with Crippen LogP contribution in [0.15, 0.2) is 30.3 Å². The summed E-state index contributed by atoms with van der Waals surface area (Å²) in [6.45, 7) is 7.25. The van der Waals surface area contributed by atoms with E-state index in [4.69, 9.17) is 0 Å². The molecule has 0 fully saturated rings.